The summed E-state index contributed by atoms with van der Waals surface area (Å²) >= 11 is 12.5. The van der Waals surface area contributed by atoms with Crippen LogP contribution in [-0.2, 0) is 16.1 Å². The van der Waals surface area contributed by atoms with Crippen LogP contribution in [0.25, 0.3) is 10.8 Å². The molecule has 1 N–H and O–H groups in total. The Hall–Kier alpha value is -3.09. The van der Waals surface area contributed by atoms with Gasteiger partial charge in [-0.25, -0.2) is 0 Å². The Labute approximate surface area is 221 Å². The van der Waals surface area contributed by atoms with Crippen LogP contribution in [0.15, 0.2) is 54.6 Å². The first-order chi connectivity index (χ1) is 17.2. The highest BCUT2D eigenvalue weighted by Crippen LogP contribution is 2.37. The molecule has 0 aliphatic carbocycles. The maximum Gasteiger partial charge on any atom is 0.259 e. The van der Waals surface area contributed by atoms with Crippen molar-refractivity contribution in [1.82, 2.24) is 10.2 Å². The number of amides is 3. The second-order valence-electron chi connectivity index (χ2n) is 9.39. The number of benzene rings is 3. The van der Waals surface area contributed by atoms with E-state index in [1.54, 1.807) is 24.3 Å². The van der Waals surface area contributed by atoms with E-state index < -0.39 is 6.04 Å². The number of anilines is 1. The molecule has 0 saturated carbocycles. The fourth-order valence-electron chi connectivity index (χ4n) is 4.54. The number of carbonyl (C=O) groups is 3. The van der Waals surface area contributed by atoms with Gasteiger partial charge >= 0.3 is 0 Å². The summed E-state index contributed by atoms with van der Waals surface area (Å²) in [7, 11) is 0. The SMILES string of the molecule is CC[C@H](C(=O)NCC(C)C)N(Cc1ccc(Cl)cc1Cl)C(=O)CN1C(=O)c2cccc3cccc1c23. The van der Waals surface area contributed by atoms with Crippen molar-refractivity contribution >= 4 is 57.4 Å². The van der Waals surface area contributed by atoms with E-state index in [1.807, 2.05) is 51.1 Å². The van der Waals surface area contributed by atoms with Gasteiger partial charge in [-0.15, -0.1) is 0 Å². The Kier molecular flexibility index (Phi) is 7.86. The average Bonchev–Trinajstić information content (AvgIpc) is 3.11. The van der Waals surface area contributed by atoms with Gasteiger partial charge in [-0.1, -0.05) is 74.3 Å². The van der Waals surface area contributed by atoms with Gasteiger partial charge in [0.05, 0.1) is 5.69 Å². The van der Waals surface area contributed by atoms with E-state index in [9.17, 15) is 14.4 Å². The van der Waals surface area contributed by atoms with E-state index in [2.05, 4.69) is 5.32 Å². The quantitative estimate of drug-likeness (QED) is 0.390. The molecule has 6 nitrogen and oxygen atoms in total. The molecule has 36 heavy (non-hydrogen) atoms. The lowest BCUT2D eigenvalue weighted by Crippen LogP contribution is -2.52. The number of carbonyl (C=O) groups excluding carboxylic acids is 3. The molecule has 0 spiro atoms. The predicted octanol–water partition coefficient (Wildman–Crippen LogP) is 5.69. The van der Waals surface area contributed by atoms with Crippen LogP contribution in [0.3, 0.4) is 0 Å². The fraction of sp³-hybridized carbons (Fsp3) is 0.321. The first kappa shape index (κ1) is 26.0. The Morgan fingerprint density at radius 1 is 1.06 bits per heavy atom. The highest BCUT2D eigenvalue weighted by molar-refractivity contribution is 6.35. The number of halogens is 2. The molecule has 1 aliphatic heterocycles. The molecular formula is C28H29Cl2N3O3. The van der Waals surface area contributed by atoms with E-state index in [4.69, 9.17) is 23.2 Å². The summed E-state index contributed by atoms with van der Waals surface area (Å²) in [6, 6.07) is 15.6. The van der Waals surface area contributed by atoms with E-state index in [0.717, 1.165) is 10.8 Å². The molecule has 4 rings (SSSR count). The molecule has 3 aromatic rings. The van der Waals surface area contributed by atoms with Crippen molar-refractivity contribution in [3.05, 3.63) is 75.8 Å². The van der Waals surface area contributed by atoms with E-state index >= 15 is 0 Å². The van der Waals surface area contributed by atoms with E-state index in [-0.39, 0.29) is 36.7 Å². The van der Waals surface area contributed by atoms with Crippen molar-refractivity contribution in [2.24, 2.45) is 5.92 Å². The maximum absolute atomic E-state index is 13.8. The monoisotopic (exact) mass is 525 g/mol. The van der Waals surface area contributed by atoms with Gasteiger partial charge in [0.2, 0.25) is 11.8 Å². The third-order valence-corrected chi connectivity index (χ3v) is 6.96. The second-order valence-corrected chi connectivity index (χ2v) is 10.2. The zero-order valence-corrected chi connectivity index (χ0v) is 22.1. The normalized spacial score (nSPS) is 13.4. The molecule has 0 unspecified atom stereocenters. The minimum Gasteiger partial charge on any atom is -0.354 e. The van der Waals surface area contributed by atoms with Gasteiger partial charge in [-0.2, -0.15) is 0 Å². The van der Waals surface area contributed by atoms with Gasteiger partial charge < -0.3 is 10.2 Å². The summed E-state index contributed by atoms with van der Waals surface area (Å²) in [4.78, 5) is 43.3. The summed E-state index contributed by atoms with van der Waals surface area (Å²) in [5.41, 5.74) is 1.94. The van der Waals surface area contributed by atoms with Crippen molar-refractivity contribution < 1.29 is 14.4 Å². The minimum absolute atomic E-state index is 0.113. The maximum atomic E-state index is 13.8. The number of hydrogen-bond donors (Lipinski definition) is 1. The third kappa shape index (κ3) is 5.20. The lowest BCUT2D eigenvalue weighted by Gasteiger charge is -2.32. The van der Waals surface area contributed by atoms with Gasteiger partial charge in [0.1, 0.15) is 12.6 Å². The Morgan fingerprint density at radius 3 is 2.44 bits per heavy atom. The molecule has 1 aliphatic rings. The Balaban J connectivity index is 1.66. The van der Waals surface area contributed by atoms with Crippen molar-refractivity contribution in [1.29, 1.82) is 0 Å². The zero-order valence-electron chi connectivity index (χ0n) is 20.6. The highest BCUT2D eigenvalue weighted by atomic mass is 35.5. The number of nitrogens with one attached hydrogen (secondary N) is 1. The highest BCUT2D eigenvalue weighted by Gasteiger charge is 2.35. The van der Waals surface area contributed by atoms with Crippen LogP contribution in [0.2, 0.25) is 10.0 Å². The summed E-state index contributed by atoms with van der Waals surface area (Å²) in [5.74, 6) is -0.534. The number of hydrogen-bond acceptors (Lipinski definition) is 3. The lowest BCUT2D eigenvalue weighted by atomic mass is 10.1. The van der Waals surface area contributed by atoms with Gasteiger partial charge in [-0.3, -0.25) is 19.3 Å². The fourth-order valence-corrected chi connectivity index (χ4v) is 5.01. The van der Waals surface area contributed by atoms with Crippen LogP contribution < -0.4 is 10.2 Å². The van der Waals surface area contributed by atoms with Crippen molar-refractivity contribution in [2.75, 3.05) is 18.0 Å². The number of nitrogens with zero attached hydrogens (tertiary/aromatic N) is 2. The molecule has 0 radical (unpaired) electrons. The molecule has 3 amide bonds. The largest absolute Gasteiger partial charge is 0.354 e. The van der Waals surface area contributed by atoms with Crippen molar-refractivity contribution in [3.8, 4) is 0 Å². The molecule has 1 heterocycles. The van der Waals surface area contributed by atoms with Gasteiger partial charge in [0.15, 0.2) is 0 Å². The van der Waals surface area contributed by atoms with E-state index in [1.165, 1.54) is 9.80 Å². The Bertz CT molecular complexity index is 1320. The first-order valence-electron chi connectivity index (χ1n) is 12.1. The van der Waals surface area contributed by atoms with Crippen LogP contribution in [0.5, 0.6) is 0 Å². The van der Waals surface area contributed by atoms with Gasteiger partial charge in [0, 0.05) is 34.1 Å². The van der Waals surface area contributed by atoms with Crippen LogP contribution in [-0.4, -0.2) is 41.8 Å². The smallest absolute Gasteiger partial charge is 0.259 e. The lowest BCUT2D eigenvalue weighted by molar-refractivity contribution is -0.140. The second kappa shape index (κ2) is 10.9. The van der Waals surface area contributed by atoms with Crippen molar-refractivity contribution in [2.45, 2.75) is 39.8 Å². The molecule has 188 valence electrons. The molecular weight excluding hydrogens is 497 g/mol. The standard InChI is InChI=1S/C28H29Cl2N3O3/c1-4-23(27(35)31-14-17(2)3)32(15-19-11-12-20(29)13-22(19)30)25(34)16-33-24-10-6-8-18-7-5-9-21(26(18)24)28(33)36/h5-13,17,23H,4,14-16H2,1-3H3,(H,31,35)/t23-/m1/s1. The third-order valence-electron chi connectivity index (χ3n) is 6.37. The molecule has 0 saturated heterocycles. The molecule has 0 aromatic heterocycles. The molecule has 0 bridgehead atoms. The summed E-state index contributed by atoms with van der Waals surface area (Å²) in [6.45, 7) is 6.30. The van der Waals surface area contributed by atoms with Crippen LogP contribution in [0, 0.1) is 5.92 Å². The van der Waals surface area contributed by atoms with Crippen LogP contribution in [0.1, 0.15) is 43.1 Å². The van der Waals surface area contributed by atoms with Gasteiger partial charge in [0.25, 0.3) is 5.91 Å². The average molecular weight is 526 g/mol. The summed E-state index contributed by atoms with van der Waals surface area (Å²) < 4.78 is 0. The minimum atomic E-state index is -0.723. The van der Waals surface area contributed by atoms with E-state index in [0.29, 0.717) is 39.8 Å². The predicted molar refractivity (Wildman–Crippen MR) is 145 cm³/mol. The summed E-state index contributed by atoms with van der Waals surface area (Å²) in [5, 5.41) is 5.62. The Morgan fingerprint density at radius 2 is 1.78 bits per heavy atom. The zero-order chi connectivity index (χ0) is 26.0. The first-order valence-corrected chi connectivity index (χ1v) is 12.8. The molecule has 8 heteroatoms. The van der Waals surface area contributed by atoms with Crippen molar-refractivity contribution in [3.63, 3.8) is 0 Å². The number of rotatable bonds is 9. The van der Waals surface area contributed by atoms with Gasteiger partial charge in [-0.05, 0) is 47.6 Å². The summed E-state index contributed by atoms with van der Waals surface area (Å²) in [6.07, 6.45) is 0.407. The molecule has 3 aromatic carbocycles. The topological polar surface area (TPSA) is 69.7 Å². The molecule has 1 atom stereocenters. The van der Waals surface area contributed by atoms with Crippen LogP contribution >= 0.6 is 23.2 Å². The molecule has 0 fully saturated rings. The van der Waals surface area contributed by atoms with Crippen LogP contribution in [0.4, 0.5) is 5.69 Å².